The van der Waals surface area contributed by atoms with Gasteiger partial charge in [0.05, 0.1) is 10.6 Å². The first-order valence-electron chi connectivity index (χ1n) is 5.40. The highest BCUT2D eigenvalue weighted by Crippen LogP contribution is 2.19. The molecule has 1 aromatic carbocycles. The zero-order valence-corrected chi connectivity index (χ0v) is 11.2. The molecule has 0 bridgehead atoms. The molecule has 0 saturated heterocycles. The van der Waals surface area contributed by atoms with Crippen LogP contribution in [-0.4, -0.2) is 10.9 Å². The number of benzene rings is 1. The first-order chi connectivity index (χ1) is 9.08. The Balaban J connectivity index is 2.05. The lowest BCUT2D eigenvalue weighted by molar-refractivity contribution is 0.0950. The maximum Gasteiger partial charge on any atom is 0.253 e. The van der Waals surface area contributed by atoms with Crippen molar-refractivity contribution in [1.29, 1.82) is 0 Å². The average Bonchev–Trinajstić information content (AvgIpc) is 2.40. The van der Waals surface area contributed by atoms with Gasteiger partial charge in [-0.3, -0.25) is 4.79 Å². The minimum absolute atomic E-state index is 0.0890. The molecule has 0 radical (unpaired) electrons. The molecule has 1 amide bonds. The molecule has 1 aromatic heterocycles. The van der Waals surface area contributed by atoms with Gasteiger partial charge >= 0.3 is 0 Å². The maximum atomic E-state index is 13.4. The van der Waals surface area contributed by atoms with Gasteiger partial charge in [-0.2, -0.15) is 0 Å². The molecule has 2 rings (SSSR count). The van der Waals surface area contributed by atoms with E-state index in [1.54, 1.807) is 18.2 Å². The molecule has 6 heteroatoms. The third-order valence-corrected chi connectivity index (χ3v) is 3.14. The Bertz CT molecular complexity index is 619. The number of carbonyl (C=O) groups is 1. The molecule has 1 heterocycles. The first-order valence-corrected chi connectivity index (χ1v) is 6.16. The van der Waals surface area contributed by atoms with E-state index >= 15 is 0 Å². The summed E-state index contributed by atoms with van der Waals surface area (Å²) in [4.78, 5) is 15.6. The van der Waals surface area contributed by atoms with Gasteiger partial charge in [0.2, 0.25) is 0 Å². The second-order valence-electron chi connectivity index (χ2n) is 3.77. The van der Waals surface area contributed by atoms with Crippen LogP contribution < -0.4 is 5.32 Å². The standard InChI is InChI=1S/C13H9Cl2FN2O/c14-10-5-9(7-17-12(10)15)13(19)18-6-8-3-1-2-4-11(8)16/h1-5,7H,6H2,(H,18,19). The van der Waals surface area contributed by atoms with Gasteiger partial charge in [0.25, 0.3) is 5.91 Å². The molecule has 19 heavy (non-hydrogen) atoms. The van der Waals surface area contributed by atoms with Crippen molar-refractivity contribution in [3.63, 3.8) is 0 Å². The number of rotatable bonds is 3. The highest BCUT2D eigenvalue weighted by Gasteiger charge is 2.09. The van der Waals surface area contributed by atoms with E-state index in [0.717, 1.165) is 0 Å². The zero-order valence-electron chi connectivity index (χ0n) is 9.66. The summed E-state index contributed by atoms with van der Waals surface area (Å²) in [7, 11) is 0. The molecular formula is C13H9Cl2FN2O. The van der Waals surface area contributed by atoms with Crippen molar-refractivity contribution in [2.75, 3.05) is 0 Å². The van der Waals surface area contributed by atoms with E-state index in [4.69, 9.17) is 23.2 Å². The van der Waals surface area contributed by atoms with Crippen LogP contribution in [0, 0.1) is 5.82 Å². The van der Waals surface area contributed by atoms with Crippen molar-refractivity contribution < 1.29 is 9.18 Å². The summed E-state index contributed by atoms with van der Waals surface area (Å²) in [5, 5.41) is 2.91. The minimum atomic E-state index is -0.394. The van der Waals surface area contributed by atoms with Crippen LogP contribution >= 0.6 is 23.2 Å². The van der Waals surface area contributed by atoms with E-state index in [9.17, 15) is 9.18 Å². The predicted octanol–water partition coefficient (Wildman–Crippen LogP) is 3.46. The number of amides is 1. The van der Waals surface area contributed by atoms with Crippen LogP contribution in [0.5, 0.6) is 0 Å². The lowest BCUT2D eigenvalue weighted by Gasteiger charge is -2.06. The fourth-order valence-electron chi connectivity index (χ4n) is 1.46. The van der Waals surface area contributed by atoms with Crippen molar-refractivity contribution in [3.8, 4) is 0 Å². The molecule has 3 nitrogen and oxygen atoms in total. The molecule has 0 atom stereocenters. The number of hydrogen-bond donors (Lipinski definition) is 1. The van der Waals surface area contributed by atoms with Crippen molar-refractivity contribution in [2.24, 2.45) is 0 Å². The molecule has 98 valence electrons. The Morgan fingerprint density at radius 3 is 2.74 bits per heavy atom. The van der Waals surface area contributed by atoms with Gasteiger partial charge in [-0.1, -0.05) is 41.4 Å². The summed E-state index contributed by atoms with van der Waals surface area (Å²) in [6.07, 6.45) is 1.31. The summed E-state index contributed by atoms with van der Waals surface area (Å²) in [6.45, 7) is 0.0890. The van der Waals surface area contributed by atoms with Crippen LogP contribution in [-0.2, 0) is 6.54 Å². The van der Waals surface area contributed by atoms with Crippen molar-refractivity contribution in [3.05, 3.63) is 63.6 Å². The highest BCUT2D eigenvalue weighted by atomic mass is 35.5. The summed E-state index contributed by atoms with van der Waals surface area (Å²) in [5.74, 6) is -0.760. The van der Waals surface area contributed by atoms with E-state index in [0.29, 0.717) is 5.56 Å². The predicted molar refractivity (Wildman–Crippen MR) is 71.8 cm³/mol. The minimum Gasteiger partial charge on any atom is -0.348 e. The molecule has 0 aliphatic carbocycles. The zero-order chi connectivity index (χ0) is 13.8. The summed E-state index contributed by atoms with van der Waals surface area (Å²) in [6, 6.07) is 7.63. The highest BCUT2D eigenvalue weighted by molar-refractivity contribution is 6.41. The lowest BCUT2D eigenvalue weighted by Crippen LogP contribution is -2.23. The van der Waals surface area contributed by atoms with Crippen LogP contribution in [0.1, 0.15) is 15.9 Å². The normalized spacial score (nSPS) is 10.3. The third kappa shape index (κ3) is 3.43. The molecule has 1 N–H and O–H groups in total. The molecule has 0 saturated carbocycles. The molecular weight excluding hydrogens is 290 g/mol. The quantitative estimate of drug-likeness (QED) is 0.882. The SMILES string of the molecule is O=C(NCc1ccccc1F)c1cnc(Cl)c(Cl)c1. The van der Waals surface area contributed by atoms with Gasteiger partial charge in [0.1, 0.15) is 11.0 Å². The molecule has 0 fully saturated rings. The molecule has 2 aromatic rings. The average molecular weight is 299 g/mol. The largest absolute Gasteiger partial charge is 0.348 e. The number of nitrogens with one attached hydrogen (secondary N) is 1. The van der Waals surface area contributed by atoms with Crippen molar-refractivity contribution in [2.45, 2.75) is 6.54 Å². The summed E-state index contributed by atoms with van der Waals surface area (Å²) >= 11 is 11.4. The topological polar surface area (TPSA) is 42.0 Å². The van der Waals surface area contributed by atoms with E-state index in [2.05, 4.69) is 10.3 Å². The van der Waals surface area contributed by atoms with Crippen LogP contribution in [0.4, 0.5) is 4.39 Å². The van der Waals surface area contributed by atoms with Crippen LogP contribution in [0.25, 0.3) is 0 Å². The smallest absolute Gasteiger partial charge is 0.253 e. The van der Waals surface area contributed by atoms with E-state index in [-0.39, 0.29) is 28.1 Å². The second kappa shape index (κ2) is 5.99. The third-order valence-electron chi connectivity index (χ3n) is 2.46. The first kappa shape index (κ1) is 13.8. The number of pyridine rings is 1. The van der Waals surface area contributed by atoms with E-state index < -0.39 is 5.91 Å². The maximum absolute atomic E-state index is 13.4. The van der Waals surface area contributed by atoms with Gasteiger partial charge in [-0.05, 0) is 12.1 Å². The van der Waals surface area contributed by atoms with E-state index in [1.807, 2.05) is 0 Å². The van der Waals surface area contributed by atoms with E-state index in [1.165, 1.54) is 18.3 Å². The Hall–Kier alpha value is -1.65. The van der Waals surface area contributed by atoms with Crippen molar-refractivity contribution >= 4 is 29.1 Å². The van der Waals surface area contributed by atoms with Crippen LogP contribution in [0.15, 0.2) is 36.5 Å². The van der Waals surface area contributed by atoms with Crippen LogP contribution in [0.3, 0.4) is 0 Å². The lowest BCUT2D eigenvalue weighted by atomic mass is 10.2. The number of nitrogens with zero attached hydrogens (tertiary/aromatic N) is 1. The fourth-order valence-corrected chi connectivity index (χ4v) is 1.73. The molecule has 0 unspecified atom stereocenters. The molecule has 0 spiro atoms. The summed E-state index contributed by atoms with van der Waals surface area (Å²) in [5.41, 5.74) is 0.676. The molecule has 0 aliphatic heterocycles. The number of carbonyl (C=O) groups excluding carboxylic acids is 1. The van der Waals surface area contributed by atoms with Gasteiger partial charge in [-0.15, -0.1) is 0 Å². The van der Waals surface area contributed by atoms with Crippen LogP contribution in [0.2, 0.25) is 10.2 Å². The Morgan fingerprint density at radius 2 is 2.05 bits per heavy atom. The number of aromatic nitrogens is 1. The number of halogens is 3. The van der Waals surface area contributed by atoms with Gasteiger partial charge in [0.15, 0.2) is 0 Å². The Morgan fingerprint density at radius 1 is 1.32 bits per heavy atom. The monoisotopic (exact) mass is 298 g/mol. The summed E-state index contributed by atoms with van der Waals surface area (Å²) < 4.78 is 13.4. The Labute approximate surface area is 119 Å². The van der Waals surface area contributed by atoms with Crippen molar-refractivity contribution in [1.82, 2.24) is 10.3 Å². The molecule has 0 aliphatic rings. The fraction of sp³-hybridized carbons (Fsp3) is 0.0769. The van der Waals surface area contributed by atoms with Gasteiger partial charge in [-0.25, -0.2) is 9.37 Å². The number of hydrogen-bond acceptors (Lipinski definition) is 2. The van der Waals surface area contributed by atoms with Gasteiger partial charge in [0, 0.05) is 18.3 Å². The second-order valence-corrected chi connectivity index (χ2v) is 4.54. The Kier molecular flexibility index (Phi) is 4.35. The van der Waals surface area contributed by atoms with Gasteiger partial charge < -0.3 is 5.32 Å².